The van der Waals surface area contributed by atoms with E-state index in [0.29, 0.717) is 19.3 Å². The van der Waals surface area contributed by atoms with Crippen LogP contribution < -0.4 is 4.74 Å². The van der Waals surface area contributed by atoms with E-state index in [1.807, 2.05) is 24.3 Å². The number of carbonyl (C=O) groups is 1. The molecule has 0 aliphatic heterocycles. The summed E-state index contributed by atoms with van der Waals surface area (Å²) in [4.78, 5) is 11.3. The third-order valence-corrected chi connectivity index (χ3v) is 6.24. The Hall–Kier alpha value is -1.67. The lowest BCUT2D eigenvalue weighted by Gasteiger charge is -2.24. The highest BCUT2D eigenvalue weighted by Gasteiger charge is 2.36. The molecule has 0 bridgehead atoms. The Morgan fingerprint density at radius 3 is 2.25 bits per heavy atom. The van der Waals surface area contributed by atoms with E-state index in [4.69, 9.17) is 22.8 Å². The molecule has 1 rings (SSSR count). The van der Waals surface area contributed by atoms with Crippen LogP contribution in [0.1, 0.15) is 18.9 Å². The van der Waals surface area contributed by atoms with Gasteiger partial charge >= 0.3 is 14.8 Å². The number of hydrogen-bond acceptors (Lipinski definition) is 6. The third-order valence-electron chi connectivity index (χ3n) is 3.41. The summed E-state index contributed by atoms with van der Waals surface area (Å²) in [7, 11) is 2.27. The van der Waals surface area contributed by atoms with E-state index in [0.717, 1.165) is 17.7 Å². The van der Waals surface area contributed by atoms with Gasteiger partial charge in [0.25, 0.3) is 0 Å². The first-order chi connectivity index (χ1) is 11.6. The Labute approximate surface area is 144 Å². The lowest BCUT2D eigenvalue weighted by molar-refractivity contribution is -0.137. The van der Waals surface area contributed by atoms with Crippen molar-refractivity contribution in [1.29, 1.82) is 0 Å². The normalized spacial score (nSPS) is 11.7. The molecule has 0 N–H and O–H groups in total. The van der Waals surface area contributed by atoms with E-state index in [1.165, 1.54) is 6.08 Å². The molecule has 0 radical (unpaired) electrons. The van der Waals surface area contributed by atoms with Crippen LogP contribution in [-0.2, 0) is 22.8 Å². The molecule has 0 atom stereocenters. The molecule has 1 aromatic rings. The van der Waals surface area contributed by atoms with Gasteiger partial charge in [0.1, 0.15) is 5.75 Å². The Kier molecular flexibility index (Phi) is 9.32. The standard InChI is InChI=1S/C17H26O6Si/c1-5-22-17(18)12-9-15-7-10-16(11-8-15)23-13-6-14-24(19-2,20-3)21-4/h7-12H,5-6,13-14H2,1-4H3. The van der Waals surface area contributed by atoms with Crippen molar-refractivity contribution in [3.05, 3.63) is 35.9 Å². The first kappa shape index (κ1) is 20.4. The summed E-state index contributed by atoms with van der Waals surface area (Å²) in [6.45, 7) is 2.69. The molecular formula is C17H26O6Si. The molecule has 134 valence electrons. The minimum atomic E-state index is -2.53. The van der Waals surface area contributed by atoms with Gasteiger partial charge in [-0.15, -0.1) is 0 Å². The van der Waals surface area contributed by atoms with Crippen molar-refractivity contribution in [2.75, 3.05) is 34.5 Å². The van der Waals surface area contributed by atoms with E-state index >= 15 is 0 Å². The van der Waals surface area contributed by atoms with Crippen molar-refractivity contribution in [2.45, 2.75) is 19.4 Å². The highest BCUT2D eigenvalue weighted by molar-refractivity contribution is 6.60. The molecule has 0 aliphatic carbocycles. The maximum absolute atomic E-state index is 11.3. The minimum Gasteiger partial charge on any atom is -0.494 e. The maximum atomic E-state index is 11.3. The summed E-state index contributed by atoms with van der Waals surface area (Å²) >= 11 is 0. The Morgan fingerprint density at radius 1 is 1.08 bits per heavy atom. The van der Waals surface area contributed by atoms with E-state index in [-0.39, 0.29) is 5.97 Å². The van der Waals surface area contributed by atoms with Crippen molar-refractivity contribution < 1.29 is 27.5 Å². The second kappa shape index (κ2) is 11.0. The van der Waals surface area contributed by atoms with Crippen molar-refractivity contribution in [1.82, 2.24) is 0 Å². The van der Waals surface area contributed by atoms with E-state index in [9.17, 15) is 4.79 Å². The predicted octanol–water partition coefficient (Wildman–Crippen LogP) is 2.91. The zero-order valence-electron chi connectivity index (χ0n) is 14.7. The van der Waals surface area contributed by atoms with Crippen LogP contribution in [0, 0.1) is 0 Å². The quantitative estimate of drug-likeness (QED) is 0.263. The average molecular weight is 354 g/mol. The van der Waals surface area contributed by atoms with Gasteiger partial charge in [-0.25, -0.2) is 4.79 Å². The van der Waals surface area contributed by atoms with Crippen LogP contribution in [-0.4, -0.2) is 49.3 Å². The Morgan fingerprint density at radius 2 is 1.71 bits per heavy atom. The van der Waals surface area contributed by atoms with Crippen molar-refractivity contribution in [2.24, 2.45) is 0 Å². The van der Waals surface area contributed by atoms with E-state index in [2.05, 4.69) is 0 Å². The van der Waals surface area contributed by atoms with Gasteiger partial charge < -0.3 is 22.8 Å². The molecule has 24 heavy (non-hydrogen) atoms. The summed E-state index contributed by atoms with van der Waals surface area (Å²) in [5, 5.41) is 0. The average Bonchev–Trinajstić information content (AvgIpc) is 2.62. The summed E-state index contributed by atoms with van der Waals surface area (Å²) < 4.78 is 26.6. The molecule has 0 saturated carbocycles. The lowest BCUT2D eigenvalue weighted by Crippen LogP contribution is -2.42. The maximum Gasteiger partial charge on any atom is 0.500 e. The van der Waals surface area contributed by atoms with Crippen LogP contribution in [0.3, 0.4) is 0 Å². The molecule has 0 heterocycles. The predicted molar refractivity (Wildman–Crippen MR) is 93.8 cm³/mol. The molecular weight excluding hydrogens is 328 g/mol. The van der Waals surface area contributed by atoms with Crippen LogP contribution in [0.4, 0.5) is 0 Å². The largest absolute Gasteiger partial charge is 0.500 e. The minimum absolute atomic E-state index is 0.347. The fraction of sp³-hybridized carbons (Fsp3) is 0.471. The topological polar surface area (TPSA) is 63.2 Å². The molecule has 0 saturated heterocycles. The van der Waals surface area contributed by atoms with Crippen molar-refractivity contribution >= 4 is 20.8 Å². The second-order valence-corrected chi connectivity index (χ2v) is 7.99. The Balaban J connectivity index is 2.41. The van der Waals surface area contributed by atoms with Gasteiger partial charge in [-0.1, -0.05) is 12.1 Å². The number of hydrogen-bond donors (Lipinski definition) is 0. The van der Waals surface area contributed by atoms with E-state index < -0.39 is 8.80 Å². The number of carbonyl (C=O) groups excluding carboxylic acids is 1. The van der Waals surface area contributed by atoms with E-state index in [1.54, 1.807) is 34.3 Å². The fourth-order valence-corrected chi connectivity index (χ4v) is 3.75. The molecule has 7 heteroatoms. The highest BCUT2D eigenvalue weighted by atomic mass is 28.4. The van der Waals surface area contributed by atoms with Gasteiger partial charge in [-0.2, -0.15) is 0 Å². The summed E-state index contributed by atoms with van der Waals surface area (Å²) in [5.41, 5.74) is 0.903. The molecule has 6 nitrogen and oxygen atoms in total. The number of rotatable bonds is 11. The molecule has 0 aromatic heterocycles. The summed E-state index contributed by atoms with van der Waals surface area (Å²) in [6.07, 6.45) is 3.88. The molecule has 0 fully saturated rings. The third kappa shape index (κ3) is 6.84. The molecule has 1 aromatic carbocycles. The van der Waals surface area contributed by atoms with Gasteiger partial charge in [-0.05, 0) is 37.1 Å². The SMILES string of the molecule is CCOC(=O)C=Cc1ccc(OCCC[Si](OC)(OC)OC)cc1. The molecule has 0 aliphatic rings. The van der Waals surface area contributed by atoms with Gasteiger partial charge in [0.05, 0.1) is 13.2 Å². The van der Waals surface area contributed by atoms with Gasteiger partial charge in [0.15, 0.2) is 0 Å². The Bertz CT molecular complexity index is 502. The van der Waals surface area contributed by atoms with Gasteiger partial charge in [0, 0.05) is 33.4 Å². The van der Waals surface area contributed by atoms with Crippen LogP contribution in [0.2, 0.25) is 6.04 Å². The van der Waals surface area contributed by atoms with Crippen LogP contribution in [0.5, 0.6) is 5.75 Å². The monoisotopic (exact) mass is 354 g/mol. The van der Waals surface area contributed by atoms with Gasteiger partial charge in [-0.3, -0.25) is 0 Å². The fourth-order valence-electron chi connectivity index (χ4n) is 2.06. The zero-order valence-corrected chi connectivity index (χ0v) is 15.7. The number of benzene rings is 1. The first-order valence-electron chi connectivity index (χ1n) is 7.82. The van der Waals surface area contributed by atoms with Crippen molar-refractivity contribution in [3.63, 3.8) is 0 Å². The second-order valence-electron chi connectivity index (χ2n) is 4.90. The molecule has 0 spiro atoms. The smallest absolute Gasteiger partial charge is 0.494 e. The van der Waals surface area contributed by atoms with Crippen LogP contribution in [0.15, 0.2) is 30.3 Å². The zero-order chi connectivity index (χ0) is 17.8. The lowest BCUT2D eigenvalue weighted by atomic mass is 10.2. The number of esters is 1. The summed E-state index contributed by atoms with van der Waals surface area (Å²) in [6, 6.07) is 8.17. The van der Waals surface area contributed by atoms with Crippen LogP contribution in [0.25, 0.3) is 6.08 Å². The van der Waals surface area contributed by atoms with Gasteiger partial charge in [0.2, 0.25) is 0 Å². The van der Waals surface area contributed by atoms with Crippen LogP contribution >= 0.6 is 0 Å². The van der Waals surface area contributed by atoms with Crippen molar-refractivity contribution in [3.8, 4) is 5.75 Å². The highest BCUT2D eigenvalue weighted by Crippen LogP contribution is 2.17. The summed E-state index contributed by atoms with van der Waals surface area (Å²) in [5.74, 6) is 0.419. The number of ether oxygens (including phenoxy) is 2. The molecule has 0 amide bonds. The molecule has 0 unspecified atom stereocenters. The first-order valence-corrected chi connectivity index (χ1v) is 9.75.